The van der Waals surface area contributed by atoms with Gasteiger partial charge < -0.3 is 0 Å². The van der Waals surface area contributed by atoms with Crippen LogP contribution < -0.4 is 0 Å². The lowest BCUT2D eigenvalue weighted by Gasteiger charge is -2.42. The molecule has 1 rings (SSSR count). The normalized spacial score (nSPS) is 17.9. The van der Waals surface area contributed by atoms with Gasteiger partial charge in [-0.15, -0.1) is 0 Å². The first-order chi connectivity index (χ1) is 10.8. The van der Waals surface area contributed by atoms with Crippen LogP contribution >= 0.6 is 7.44 Å². The van der Waals surface area contributed by atoms with Gasteiger partial charge in [0.05, 0.1) is 0 Å². The number of rotatable bonds is 9. The minimum Gasteiger partial charge on any atom is -0.292 e. The fourth-order valence-corrected chi connectivity index (χ4v) is 6.57. The van der Waals surface area contributed by atoms with Gasteiger partial charge >= 0.3 is 5.66 Å². The predicted molar refractivity (Wildman–Crippen MR) is 90.0 cm³/mol. The summed E-state index contributed by atoms with van der Waals surface area (Å²) in [6, 6.07) is 0. The van der Waals surface area contributed by atoms with Gasteiger partial charge in [0.2, 0.25) is 5.78 Å². The Bertz CT molecular complexity index is 416. The van der Waals surface area contributed by atoms with Crippen molar-refractivity contribution in [3.05, 3.63) is 0 Å². The Labute approximate surface area is 139 Å². The van der Waals surface area contributed by atoms with E-state index in [4.69, 9.17) is 0 Å². The molecule has 0 aromatic carbocycles. The lowest BCUT2D eigenvalue weighted by Crippen LogP contribution is -2.46. The van der Waals surface area contributed by atoms with Crippen LogP contribution in [0.25, 0.3) is 0 Å². The maximum Gasteiger partial charge on any atom is 0.381 e. The zero-order valence-electron chi connectivity index (χ0n) is 14.9. The molecule has 0 bridgehead atoms. The molecule has 4 nitrogen and oxygen atoms in total. The Morgan fingerprint density at radius 2 is 1.35 bits per heavy atom. The first-order valence-electron chi connectivity index (χ1n) is 8.84. The van der Waals surface area contributed by atoms with Crippen LogP contribution in [0.3, 0.4) is 0 Å². The first-order valence-corrected chi connectivity index (χ1v) is 10.4. The van der Waals surface area contributed by atoms with Crippen LogP contribution in [0, 0.1) is 5.92 Å². The molecule has 1 aliphatic rings. The number of hydrogen-bond acceptors (Lipinski definition) is 2. The first kappa shape index (κ1) is 20.7. The predicted octanol–water partition coefficient (Wildman–Crippen LogP) is 4.61. The quantitative estimate of drug-likeness (QED) is 0.569. The molecule has 0 saturated heterocycles. The van der Waals surface area contributed by atoms with Crippen molar-refractivity contribution in [2.45, 2.75) is 65.5 Å². The van der Waals surface area contributed by atoms with Gasteiger partial charge in [0.25, 0.3) is 7.44 Å². The third kappa shape index (κ3) is 3.85. The van der Waals surface area contributed by atoms with Crippen LogP contribution in [0.4, 0.5) is 8.78 Å². The van der Waals surface area contributed by atoms with E-state index in [-0.39, 0.29) is 26.2 Å². The Kier molecular flexibility index (Phi) is 7.82. The molecule has 0 aliphatic heterocycles. The Hall–Kier alpha value is -0.320. The zero-order valence-corrected chi connectivity index (χ0v) is 15.7. The van der Waals surface area contributed by atoms with Gasteiger partial charge in [0, 0.05) is 32.1 Å². The SMILES string of the molecule is CCN(CC)P(=O)(N(CC)CC)C(F)(F)C(=O)C1CCCCC1. The number of ketones is 1. The summed E-state index contributed by atoms with van der Waals surface area (Å²) < 4.78 is 46.5. The molecule has 0 N–H and O–H groups in total. The number of nitrogens with zero attached hydrogens (tertiary/aromatic N) is 2. The van der Waals surface area contributed by atoms with Gasteiger partial charge in [-0.1, -0.05) is 47.0 Å². The topological polar surface area (TPSA) is 40.6 Å². The van der Waals surface area contributed by atoms with Crippen molar-refractivity contribution in [1.82, 2.24) is 9.34 Å². The Morgan fingerprint density at radius 3 is 1.70 bits per heavy atom. The van der Waals surface area contributed by atoms with Crippen molar-refractivity contribution in [3.63, 3.8) is 0 Å². The van der Waals surface area contributed by atoms with Crippen LogP contribution in [0.1, 0.15) is 59.8 Å². The number of hydrogen-bond donors (Lipinski definition) is 0. The Balaban J connectivity index is 3.26. The average Bonchev–Trinajstić information content (AvgIpc) is 2.56. The van der Waals surface area contributed by atoms with Gasteiger partial charge in [0.15, 0.2) is 0 Å². The molecular weight excluding hydrogens is 321 g/mol. The highest BCUT2D eigenvalue weighted by Crippen LogP contribution is 2.66. The van der Waals surface area contributed by atoms with Crippen LogP contribution in [0.15, 0.2) is 0 Å². The van der Waals surface area contributed by atoms with Crippen LogP contribution in [-0.2, 0) is 9.36 Å². The second-order valence-corrected chi connectivity index (χ2v) is 8.84. The lowest BCUT2D eigenvalue weighted by atomic mass is 9.86. The van der Waals surface area contributed by atoms with E-state index in [2.05, 4.69) is 0 Å². The third-order valence-corrected chi connectivity index (χ3v) is 8.48. The standard InChI is InChI=1S/C16H31F2N2O2P/c1-5-19(6-2)23(22,20(7-3)8-4)16(17,18)15(21)14-12-10-9-11-13-14/h14H,5-13H2,1-4H3. The molecule has 0 spiro atoms. The van der Waals surface area contributed by atoms with Crippen molar-refractivity contribution in [2.24, 2.45) is 5.92 Å². The maximum absolute atomic E-state index is 15.2. The molecule has 0 atom stereocenters. The molecular formula is C16H31F2N2O2P. The molecule has 7 heteroatoms. The van der Waals surface area contributed by atoms with E-state index in [0.29, 0.717) is 12.8 Å². The second-order valence-electron chi connectivity index (χ2n) is 6.06. The molecule has 1 aliphatic carbocycles. The van der Waals surface area contributed by atoms with Crippen molar-refractivity contribution in [2.75, 3.05) is 26.2 Å². The van der Waals surface area contributed by atoms with Crippen molar-refractivity contribution in [3.8, 4) is 0 Å². The summed E-state index contributed by atoms with van der Waals surface area (Å²) in [6.45, 7) is 7.77. The molecule has 0 aromatic rings. The molecule has 23 heavy (non-hydrogen) atoms. The fraction of sp³-hybridized carbons (Fsp3) is 0.938. The van der Waals surface area contributed by atoms with Gasteiger partial charge in [-0.3, -0.25) is 9.36 Å². The van der Waals surface area contributed by atoms with E-state index in [9.17, 15) is 9.36 Å². The highest BCUT2D eigenvalue weighted by molar-refractivity contribution is 7.61. The molecule has 1 fully saturated rings. The van der Waals surface area contributed by atoms with Gasteiger partial charge in [-0.05, 0) is 12.8 Å². The molecule has 0 heterocycles. The van der Waals surface area contributed by atoms with Gasteiger partial charge in [0.1, 0.15) is 0 Å². The van der Waals surface area contributed by atoms with E-state index in [1.807, 2.05) is 0 Å². The van der Waals surface area contributed by atoms with Crippen LogP contribution in [-0.4, -0.2) is 47.0 Å². The van der Waals surface area contributed by atoms with E-state index < -0.39 is 24.8 Å². The maximum atomic E-state index is 15.2. The number of halogens is 2. The summed E-state index contributed by atoms with van der Waals surface area (Å²) >= 11 is 0. The number of alkyl halides is 2. The molecule has 0 unspecified atom stereocenters. The number of carbonyl (C=O) groups excluding carboxylic acids is 1. The van der Waals surface area contributed by atoms with Crippen molar-refractivity contribution in [1.29, 1.82) is 0 Å². The highest BCUT2D eigenvalue weighted by Gasteiger charge is 2.62. The van der Waals surface area contributed by atoms with Gasteiger partial charge in [-0.2, -0.15) is 8.78 Å². The second kappa shape index (κ2) is 8.68. The monoisotopic (exact) mass is 352 g/mol. The number of carbonyl (C=O) groups is 1. The highest BCUT2D eigenvalue weighted by atomic mass is 31.2. The van der Waals surface area contributed by atoms with Crippen molar-refractivity contribution < 1.29 is 18.1 Å². The summed E-state index contributed by atoms with van der Waals surface area (Å²) in [5.74, 6) is -1.77. The van der Waals surface area contributed by atoms with Gasteiger partial charge in [-0.25, -0.2) is 9.34 Å². The minimum atomic E-state index is -4.28. The largest absolute Gasteiger partial charge is 0.381 e. The van der Waals surface area contributed by atoms with E-state index >= 15 is 8.78 Å². The molecule has 0 amide bonds. The van der Waals surface area contributed by atoms with E-state index in [0.717, 1.165) is 19.3 Å². The zero-order chi connectivity index (χ0) is 17.7. The summed E-state index contributed by atoms with van der Waals surface area (Å²) in [7, 11) is -4.28. The average molecular weight is 352 g/mol. The van der Waals surface area contributed by atoms with E-state index in [1.165, 1.54) is 9.34 Å². The third-order valence-electron chi connectivity index (χ3n) is 4.87. The Morgan fingerprint density at radius 1 is 0.957 bits per heavy atom. The van der Waals surface area contributed by atoms with E-state index in [1.54, 1.807) is 27.7 Å². The van der Waals surface area contributed by atoms with Crippen LogP contribution in [0.5, 0.6) is 0 Å². The fourth-order valence-electron chi connectivity index (χ4n) is 3.50. The molecule has 136 valence electrons. The minimum absolute atomic E-state index is 0.234. The molecule has 0 radical (unpaired) electrons. The van der Waals surface area contributed by atoms with Crippen LogP contribution in [0.2, 0.25) is 0 Å². The summed E-state index contributed by atoms with van der Waals surface area (Å²) in [4.78, 5) is 12.6. The summed E-state index contributed by atoms with van der Waals surface area (Å²) in [5.41, 5.74) is -3.81. The molecule has 0 aromatic heterocycles. The number of Topliss-reactive ketones (excluding diaryl/α,β-unsaturated/α-hetero) is 1. The molecule has 1 saturated carbocycles. The lowest BCUT2D eigenvalue weighted by molar-refractivity contribution is -0.139. The van der Waals surface area contributed by atoms with Crippen molar-refractivity contribution >= 4 is 13.2 Å². The summed E-state index contributed by atoms with van der Waals surface area (Å²) in [5, 5.41) is 0. The smallest absolute Gasteiger partial charge is 0.292 e. The summed E-state index contributed by atoms with van der Waals surface area (Å²) in [6.07, 6.45) is 3.57.